The minimum atomic E-state index is -0.722. The summed E-state index contributed by atoms with van der Waals surface area (Å²) in [5, 5.41) is 0. The number of rotatable bonds is 4. The first-order valence-electron chi connectivity index (χ1n) is 11.1. The molecule has 0 fully saturated rings. The molecular formula is C28H36O2. The molecule has 1 aliphatic carbocycles. The Morgan fingerprint density at radius 1 is 0.667 bits per heavy atom. The molecule has 0 radical (unpaired) electrons. The number of ether oxygens (including phenoxy) is 1. The summed E-state index contributed by atoms with van der Waals surface area (Å²) in [6.07, 6.45) is 0.293. The van der Waals surface area contributed by atoms with Crippen LogP contribution in [0.1, 0.15) is 69.4 Å². The molecule has 0 aromatic heterocycles. The van der Waals surface area contributed by atoms with Crippen molar-refractivity contribution < 1.29 is 9.53 Å². The molecule has 160 valence electrons. The minimum Gasteiger partial charge on any atom is -0.368 e. The van der Waals surface area contributed by atoms with Gasteiger partial charge in [-0.3, -0.25) is 4.79 Å². The van der Waals surface area contributed by atoms with Gasteiger partial charge in [-0.1, -0.05) is 120 Å². The Kier molecular flexibility index (Phi) is 10.8. The van der Waals surface area contributed by atoms with Crippen molar-refractivity contribution in [2.75, 3.05) is 7.11 Å². The first kappa shape index (κ1) is 25.3. The molecule has 0 N–H and O–H groups in total. The van der Waals surface area contributed by atoms with Gasteiger partial charge in [-0.25, -0.2) is 0 Å². The Bertz CT molecular complexity index is 852. The maximum Gasteiger partial charge on any atom is 0.166 e. The van der Waals surface area contributed by atoms with Gasteiger partial charge in [0.1, 0.15) is 5.60 Å². The monoisotopic (exact) mass is 404 g/mol. The second kappa shape index (κ2) is 12.8. The quantitative estimate of drug-likeness (QED) is 0.413. The van der Waals surface area contributed by atoms with Gasteiger partial charge in [-0.05, 0) is 22.3 Å². The van der Waals surface area contributed by atoms with Crippen molar-refractivity contribution in [3.63, 3.8) is 0 Å². The van der Waals surface area contributed by atoms with Gasteiger partial charge in [-0.2, -0.15) is 0 Å². The highest BCUT2D eigenvalue weighted by molar-refractivity contribution is 5.98. The Morgan fingerprint density at radius 2 is 1.07 bits per heavy atom. The lowest BCUT2D eigenvalue weighted by molar-refractivity contribution is 0.0195. The Hall–Kier alpha value is -2.71. The molecule has 0 bridgehead atoms. The average Bonchev–Trinajstić information content (AvgIpc) is 3.14. The van der Waals surface area contributed by atoms with E-state index in [1.165, 1.54) is 0 Å². The standard InChI is InChI=1S/C22H18O2.3C2H6/c1-24-22(15-21(23)16-9-3-2-4-10-16)19-13-7-5-11-17(19)18-12-6-8-14-20(18)22;3*1-2/h2-14H,15H2,1H3;3*1-2H3. The maximum atomic E-state index is 12.9. The lowest BCUT2D eigenvalue weighted by atomic mass is 9.84. The summed E-state index contributed by atoms with van der Waals surface area (Å²) in [5.41, 5.74) is 4.43. The number of methoxy groups -OCH3 is 1. The predicted molar refractivity (Wildman–Crippen MR) is 129 cm³/mol. The van der Waals surface area contributed by atoms with E-state index in [2.05, 4.69) is 24.3 Å². The van der Waals surface area contributed by atoms with Crippen molar-refractivity contribution in [2.45, 2.75) is 53.6 Å². The van der Waals surface area contributed by atoms with Crippen LogP contribution >= 0.6 is 0 Å². The number of carbonyl (C=O) groups excluding carboxylic acids is 1. The van der Waals surface area contributed by atoms with Gasteiger partial charge in [0.15, 0.2) is 5.78 Å². The fourth-order valence-electron chi connectivity index (χ4n) is 3.72. The summed E-state index contributed by atoms with van der Waals surface area (Å²) in [7, 11) is 1.69. The second-order valence-corrected chi connectivity index (χ2v) is 6.09. The van der Waals surface area contributed by atoms with E-state index < -0.39 is 5.60 Å². The van der Waals surface area contributed by atoms with E-state index >= 15 is 0 Å². The lowest BCUT2D eigenvalue weighted by Gasteiger charge is -2.30. The Balaban J connectivity index is 0.000000691. The van der Waals surface area contributed by atoms with Crippen LogP contribution in [-0.4, -0.2) is 12.9 Å². The summed E-state index contributed by atoms with van der Waals surface area (Å²) < 4.78 is 6.02. The molecule has 2 nitrogen and oxygen atoms in total. The van der Waals surface area contributed by atoms with E-state index in [0.29, 0.717) is 6.42 Å². The van der Waals surface area contributed by atoms with E-state index in [4.69, 9.17) is 4.74 Å². The average molecular weight is 405 g/mol. The SMILES string of the molecule is CC.CC.CC.COC1(CC(=O)c2ccccc2)c2ccccc2-c2ccccc21. The topological polar surface area (TPSA) is 26.3 Å². The van der Waals surface area contributed by atoms with E-state index in [9.17, 15) is 4.79 Å². The molecule has 3 aromatic rings. The van der Waals surface area contributed by atoms with Crippen LogP contribution in [0.25, 0.3) is 11.1 Å². The predicted octanol–water partition coefficient (Wildman–Crippen LogP) is 7.91. The molecule has 0 saturated carbocycles. The molecule has 0 heterocycles. The summed E-state index contributed by atoms with van der Waals surface area (Å²) in [6, 6.07) is 25.8. The van der Waals surface area contributed by atoms with Gasteiger partial charge in [0, 0.05) is 19.1 Å². The van der Waals surface area contributed by atoms with Crippen molar-refractivity contribution in [3.05, 3.63) is 95.6 Å². The second-order valence-electron chi connectivity index (χ2n) is 6.09. The van der Waals surface area contributed by atoms with Crippen LogP contribution in [0, 0.1) is 0 Å². The van der Waals surface area contributed by atoms with Crippen LogP contribution in [0.2, 0.25) is 0 Å². The number of benzene rings is 3. The van der Waals surface area contributed by atoms with Gasteiger partial charge in [0.05, 0.1) is 0 Å². The first-order chi connectivity index (χ1) is 14.8. The highest BCUT2D eigenvalue weighted by Crippen LogP contribution is 2.51. The number of fused-ring (bicyclic) bond motifs is 3. The minimum absolute atomic E-state index is 0.0870. The Morgan fingerprint density at radius 3 is 1.50 bits per heavy atom. The van der Waals surface area contributed by atoms with Crippen LogP contribution in [-0.2, 0) is 10.3 Å². The van der Waals surface area contributed by atoms with Gasteiger partial charge < -0.3 is 4.74 Å². The third kappa shape index (κ3) is 4.88. The van der Waals surface area contributed by atoms with Gasteiger partial charge >= 0.3 is 0 Å². The first-order valence-corrected chi connectivity index (χ1v) is 11.1. The van der Waals surface area contributed by atoms with Crippen LogP contribution in [0.3, 0.4) is 0 Å². The maximum absolute atomic E-state index is 12.9. The van der Waals surface area contributed by atoms with E-state index in [0.717, 1.165) is 27.8 Å². The van der Waals surface area contributed by atoms with E-state index in [1.807, 2.05) is 96.1 Å². The van der Waals surface area contributed by atoms with Crippen molar-refractivity contribution in [1.82, 2.24) is 0 Å². The molecule has 3 aromatic carbocycles. The smallest absolute Gasteiger partial charge is 0.166 e. The Labute approximate surface area is 182 Å². The zero-order valence-corrected chi connectivity index (χ0v) is 19.5. The summed E-state index contributed by atoms with van der Waals surface area (Å²) in [4.78, 5) is 12.9. The number of hydrogen-bond acceptors (Lipinski definition) is 2. The third-order valence-electron chi connectivity index (χ3n) is 4.87. The highest BCUT2D eigenvalue weighted by Gasteiger charge is 2.44. The molecule has 0 unspecified atom stereocenters. The van der Waals surface area contributed by atoms with Crippen molar-refractivity contribution >= 4 is 5.78 Å². The lowest BCUT2D eigenvalue weighted by Crippen LogP contribution is -2.30. The highest BCUT2D eigenvalue weighted by atomic mass is 16.5. The molecule has 1 aliphatic rings. The van der Waals surface area contributed by atoms with E-state index in [-0.39, 0.29) is 5.78 Å². The van der Waals surface area contributed by atoms with Crippen LogP contribution in [0.4, 0.5) is 0 Å². The molecule has 0 spiro atoms. The zero-order chi connectivity index (χ0) is 22.6. The zero-order valence-electron chi connectivity index (χ0n) is 19.5. The molecule has 0 aliphatic heterocycles. The van der Waals surface area contributed by atoms with Crippen LogP contribution in [0.5, 0.6) is 0 Å². The number of Topliss-reactive ketones (excluding diaryl/α,β-unsaturated/α-hetero) is 1. The van der Waals surface area contributed by atoms with Crippen molar-refractivity contribution in [2.24, 2.45) is 0 Å². The van der Waals surface area contributed by atoms with Gasteiger partial charge in [0.25, 0.3) is 0 Å². The molecular weight excluding hydrogens is 368 g/mol. The normalized spacial score (nSPS) is 11.8. The molecule has 30 heavy (non-hydrogen) atoms. The van der Waals surface area contributed by atoms with Crippen molar-refractivity contribution in [3.8, 4) is 11.1 Å². The summed E-state index contributed by atoms with van der Waals surface area (Å²) in [6.45, 7) is 12.0. The number of carbonyl (C=O) groups is 1. The molecule has 0 atom stereocenters. The fraction of sp³-hybridized carbons (Fsp3) is 0.321. The largest absolute Gasteiger partial charge is 0.368 e. The molecule has 0 amide bonds. The number of ketones is 1. The van der Waals surface area contributed by atoms with Crippen LogP contribution in [0.15, 0.2) is 78.9 Å². The molecule has 0 saturated heterocycles. The van der Waals surface area contributed by atoms with E-state index in [1.54, 1.807) is 7.11 Å². The fourth-order valence-corrected chi connectivity index (χ4v) is 3.72. The number of hydrogen-bond donors (Lipinski definition) is 0. The van der Waals surface area contributed by atoms with Crippen LogP contribution < -0.4 is 0 Å². The van der Waals surface area contributed by atoms with Crippen molar-refractivity contribution in [1.29, 1.82) is 0 Å². The molecule has 4 rings (SSSR count). The molecule has 2 heteroatoms. The van der Waals surface area contributed by atoms with Gasteiger partial charge in [0.2, 0.25) is 0 Å². The summed E-state index contributed by atoms with van der Waals surface area (Å²) in [5.74, 6) is 0.0870. The third-order valence-corrected chi connectivity index (χ3v) is 4.87. The summed E-state index contributed by atoms with van der Waals surface area (Å²) >= 11 is 0. The van der Waals surface area contributed by atoms with Gasteiger partial charge in [-0.15, -0.1) is 0 Å².